The number of carbonyl (C=O) groups excluding carboxylic acids is 2. The number of methoxy groups -OCH3 is 1. The van der Waals surface area contributed by atoms with Crippen LogP contribution in [0.4, 0.5) is 10.3 Å². The van der Waals surface area contributed by atoms with Crippen LogP contribution in [0.2, 0.25) is 0 Å². The van der Waals surface area contributed by atoms with Crippen molar-refractivity contribution in [2.75, 3.05) is 44.8 Å². The van der Waals surface area contributed by atoms with Crippen molar-refractivity contribution < 1.29 is 33.3 Å². The number of nitrogens with one attached hydrogen (secondary N) is 1. The summed E-state index contributed by atoms with van der Waals surface area (Å²) >= 11 is 0. The number of anilines is 1. The first-order chi connectivity index (χ1) is 19.9. The van der Waals surface area contributed by atoms with Gasteiger partial charge in [-0.3, -0.25) is 9.59 Å². The normalized spacial score (nSPS) is 19.7. The Bertz CT molecular complexity index is 1370. The third-order valence-corrected chi connectivity index (χ3v) is 6.99. The molecule has 3 aromatic rings. The van der Waals surface area contributed by atoms with E-state index < -0.39 is 11.9 Å². The zero-order valence-corrected chi connectivity index (χ0v) is 22.7. The molecule has 0 spiro atoms. The molecule has 2 N–H and O–H groups in total. The molecule has 5 rings (SSSR count). The number of aliphatic hydroxyl groups is 1. The van der Waals surface area contributed by atoms with Gasteiger partial charge in [0.25, 0.3) is 5.91 Å². The van der Waals surface area contributed by atoms with E-state index in [0.717, 1.165) is 18.0 Å². The van der Waals surface area contributed by atoms with Gasteiger partial charge in [-0.25, -0.2) is 14.4 Å². The Kier molecular flexibility index (Phi) is 8.90. The number of halogens is 1. The molecule has 11 nitrogen and oxygen atoms in total. The van der Waals surface area contributed by atoms with Crippen molar-refractivity contribution in [1.29, 1.82) is 0 Å². The van der Waals surface area contributed by atoms with Crippen LogP contribution in [0.3, 0.4) is 0 Å². The lowest BCUT2D eigenvalue weighted by molar-refractivity contribution is -0.124. The van der Waals surface area contributed by atoms with E-state index in [-0.39, 0.29) is 44.2 Å². The maximum absolute atomic E-state index is 13.6. The van der Waals surface area contributed by atoms with Gasteiger partial charge in [0.15, 0.2) is 17.3 Å². The van der Waals surface area contributed by atoms with E-state index >= 15 is 0 Å². The fourth-order valence-corrected chi connectivity index (χ4v) is 4.96. The van der Waals surface area contributed by atoms with Gasteiger partial charge in [0.05, 0.1) is 44.8 Å². The molecule has 3 heterocycles. The largest absolute Gasteiger partial charge is 0.493 e. The molecule has 1 aromatic heterocycles. The highest BCUT2D eigenvalue weighted by Crippen LogP contribution is 2.33. The number of carbonyl (C=O) groups is 2. The molecule has 2 amide bonds. The van der Waals surface area contributed by atoms with Crippen LogP contribution >= 0.6 is 0 Å². The minimum atomic E-state index is -0.534. The Labute approximate surface area is 236 Å². The highest BCUT2D eigenvalue weighted by atomic mass is 19.1. The van der Waals surface area contributed by atoms with Crippen molar-refractivity contribution in [2.24, 2.45) is 0 Å². The number of piperidine rings is 1. The van der Waals surface area contributed by atoms with Gasteiger partial charge in [-0.1, -0.05) is 12.1 Å². The minimum absolute atomic E-state index is 0.135. The number of rotatable bonds is 5. The number of aromatic nitrogens is 2. The summed E-state index contributed by atoms with van der Waals surface area (Å²) in [6.45, 7) is 0.964. The van der Waals surface area contributed by atoms with Crippen LogP contribution in [-0.4, -0.2) is 83.8 Å². The fraction of sp³-hybridized carbons (Fsp3) is 0.379. The highest BCUT2D eigenvalue weighted by molar-refractivity contribution is 5.97. The van der Waals surface area contributed by atoms with Crippen LogP contribution in [0, 0.1) is 5.82 Å². The van der Waals surface area contributed by atoms with Gasteiger partial charge in [0.2, 0.25) is 11.9 Å². The first kappa shape index (κ1) is 28.2. The predicted molar refractivity (Wildman–Crippen MR) is 146 cm³/mol. The number of aliphatic hydroxyl groups excluding tert-OH is 1. The quantitative estimate of drug-likeness (QED) is 0.480. The summed E-state index contributed by atoms with van der Waals surface area (Å²) in [5.41, 5.74) is 1.18. The van der Waals surface area contributed by atoms with Gasteiger partial charge >= 0.3 is 0 Å². The smallest absolute Gasteiger partial charge is 0.254 e. The van der Waals surface area contributed by atoms with E-state index in [0.29, 0.717) is 54.7 Å². The molecule has 0 unspecified atom stereocenters. The Morgan fingerprint density at radius 3 is 2.78 bits per heavy atom. The van der Waals surface area contributed by atoms with Gasteiger partial charge < -0.3 is 34.4 Å². The van der Waals surface area contributed by atoms with Gasteiger partial charge in [0.1, 0.15) is 5.75 Å². The standard InChI is InChI=1S/C29H32FN5O6/c1-39-25-7-6-20-13-26(25)41-22-5-2-4-19(12-22)18-40-24-8-10-35(29-31-14-21(30)15-32-29)16-23(24)33-27(37)17-34(28(20)38)9-3-11-36/h2,4-7,12-15,23-24,36H,3,8-11,16-18H2,1H3,(H,33,37)/t23-,24-/m0/s1. The first-order valence-corrected chi connectivity index (χ1v) is 13.4. The number of hydrogen-bond acceptors (Lipinski definition) is 9. The molecule has 4 bridgehead atoms. The van der Waals surface area contributed by atoms with E-state index in [1.165, 1.54) is 12.0 Å². The van der Waals surface area contributed by atoms with Crippen molar-refractivity contribution in [3.05, 3.63) is 71.8 Å². The lowest BCUT2D eigenvalue weighted by Gasteiger charge is -2.39. The van der Waals surface area contributed by atoms with E-state index in [9.17, 15) is 19.1 Å². The summed E-state index contributed by atoms with van der Waals surface area (Å²) in [4.78, 5) is 38.3. The Hall–Kier alpha value is -4.29. The monoisotopic (exact) mass is 565 g/mol. The topological polar surface area (TPSA) is 126 Å². The summed E-state index contributed by atoms with van der Waals surface area (Å²) in [5, 5.41) is 12.5. The Morgan fingerprint density at radius 2 is 2.00 bits per heavy atom. The van der Waals surface area contributed by atoms with Crippen molar-refractivity contribution in [3.8, 4) is 17.2 Å². The number of amides is 2. The molecule has 0 saturated carbocycles. The summed E-state index contributed by atoms with van der Waals surface area (Å²) in [6, 6.07) is 11.8. The fourth-order valence-electron chi connectivity index (χ4n) is 4.96. The minimum Gasteiger partial charge on any atom is -0.493 e. The van der Waals surface area contributed by atoms with Crippen molar-refractivity contribution in [2.45, 2.75) is 31.6 Å². The van der Waals surface area contributed by atoms with Gasteiger partial charge in [-0.2, -0.15) is 0 Å². The summed E-state index contributed by atoms with van der Waals surface area (Å²) in [6.07, 6.45) is 2.72. The maximum atomic E-state index is 13.6. The molecule has 41 heavy (non-hydrogen) atoms. The molecule has 0 radical (unpaired) electrons. The van der Waals surface area contributed by atoms with Gasteiger partial charge in [0, 0.05) is 31.8 Å². The number of fused-ring (bicyclic) bond motifs is 5. The number of nitrogens with zero attached hydrogens (tertiary/aromatic N) is 4. The van der Waals surface area contributed by atoms with Crippen LogP contribution in [0.15, 0.2) is 54.9 Å². The Balaban J connectivity index is 1.46. The molecule has 216 valence electrons. The number of hydrogen-bond donors (Lipinski definition) is 2. The molecule has 12 heteroatoms. The zero-order chi connectivity index (χ0) is 28.8. The van der Waals surface area contributed by atoms with Crippen LogP contribution in [0.25, 0.3) is 0 Å². The third-order valence-electron chi connectivity index (χ3n) is 6.99. The summed E-state index contributed by atoms with van der Waals surface area (Å²) < 4.78 is 31.3. The highest BCUT2D eigenvalue weighted by Gasteiger charge is 2.33. The van der Waals surface area contributed by atoms with Crippen LogP contribution in [-0.2, 0) is 16.1 Å². The van der Waals surface area contributed by atoms with Crippen LogP contribution < -0.4 is 19.7 Å². The van der Waals surface area contributed by atoms with Gasteiger partial charge in [-0.15, -0.1) is 0 Å². The van der Waals surface area contributed by atoms with Crippen LogP contribution in [0.5, 0.6) is 17.2 Å². The van der Waals surface area contributed by atoms with Crippen molar-refractivity contribution >= 4 is 17.8 Å². The van der Waals surface area contributed by atoms with Gasteiger partial charge in [-0.05, 0) is 48.7 Å². The summed E-state index contributed by atoms with van der Waals surface area (Å²) in [7, 11) is 1.52. The zero-order valence-electron chi connectivity index (χ0n) is 22.7. The maximum Gasteiger partial charge on any atom is 0.254 e. The van der Waals surface area contributed by atoms with E-state index in [4.69, 9.17) is 14.2 Å². The average molecular weight is 566 g/mol. The van der Waals surface area contributed by atoms with E-state index in [2.05, 4.69) is 15.3 Å². The van der Waals surface area contributed by atoms with E-state index in [1.54, 1.807) is 24.3 Å². The Morgan fingerprint density at radius 1 is 1.17 bits per heavy atom. The van der Waals surface area contributed by atoms with Crippen LogP contribution in [0.1, 0.15) is 28.8 Å². The SMILES string of the molecule is COc1ccc2cc1Oc1cccc(c1)CO[C@H]1CCN(c3ncc(F)cn3)C[C@@H]1NC(=O)CN(CCCO)C2=O. The molecular formula is C29H32FN5O6. The predicted octanol–water partition coefficient (Wildman–Crippen LogP) is 2.54. The molecule has 1 saturated heterocycles. The summed E-state index contributed by atoms with van der Waals surface area (Å²) in [5.74, 6) is 0.398. The lowest BCUT2D eigenvalue weighted by atomic mass is 10.0. The second kappa shape index (κ2) is 12.9. The first-order valence-electron chi connectivity index (χ1n) is 13.4. The number of ether oxygens (including phenoxy) is 3. The van der Waals surface area contributed by atoms with Crippen molar-refractivity contribution in [1.82, 2.24) is 20.2 Å². The second-order valence-electron chi connectivity index (χ2n) is 9.88. The molecule has 0 aliphatic carbocycles. The molecule has 1 fully saturated rings. The molecule has 2 aliphatic rings. The van der Waals surface area contributed by atoms with Crippen molar-refractivity contribution in [3.63, 3.8) is 0 Å². The molecule has 2 atom stereocenters. The molecular weight excluding hydrogens is 533 g/mol. The third kappa shape index (κ3) is 6.90. The van der Waals surface area contributed by atoms with E-state index in [1.807, 2.05) is 23.1 Å². The number of benzene rings is 2. The molecule has 2 aliphatic heterocycles. The average Bonchev–Trinajstić information content (AvgIpc) is 2.98. The second-order valence-corrected chi connectivity index (χ2v) is 9.88. The lowest BCUT2D eigenvalue weighted by Crippen LogP contribution is -2.57. The molecule has 2 aromatic carbocycles.